The zero-order chi connectivity index (χ0) is 13.8. The largest absolute Gasteiger partial charge is 0.495 e. The van der Waals surface area contributed by atoms with Crippen molar-refractivity contribution in [3.05, 3.63) is 57.0 Å². The lowest BCUT2D eigenvalue weighted by Crippen LogP contribution is -2.01. The maximum Gasteiger partial charge on any atom is 0.137 e. The number of halogens is 2. The summed E-state index contributed by atoms with van der Waals surface area (Å²) in [5.41, 5.74) is 3.44. The highest BCUT2D eigenvalue weighted by atomic mass is 79.9. The highest BCUT2D eigenvalue weighted by Crippen LogP contribution is 2.26. The molecule has 0 saturated heterocycles. The minimum Gasteiger partial charge on any atom is -0.495 e. The van der Waals surface area contributed by atoms with Crippen LogP contribution in [-0.4, -0.2) is 7.11 Å². The third-order valence-electron chi connectivity index (χ3n) is 2.89. The number of ether oxygens (including phenoxy) is 1. The first-order valence-corrected chi connectivity index (χ1v) is 7.09. The van der Waals surface area contributed by atoms with E-state index in [1.165, 1.54) is 5.56 Å². The van der Waals surface area contributed by atoms with Crippen molar-refractivity contribution in [2.45, 2.75) is 13.5 Å². The molecule has 0 fully saturated rings. The minimum absolute atomic E-state index is 0.634. The Morgan fingerprint density at radius 1 is 1.21 bits per heavy atom. The first kappa shape index (κ1) is 14.2. The number of nitrogens with one attached hydrogen (secondary N) is 1. The number of hydrogen-bond acceptors (Lipinski definition) is 2. The zero-order valence-corrected chi connectivity index (χ0v) is 13.2. The molecule has 2 nitrogen and oxygen atoms in total. The molecule has 0 bridgehead atoms. The van der Waals surface area contributed by atoms with Gasteiger partial charge in [0, 0.05) is 16.7 Å². The summed E-state index contributed by atoms with van der Waals surface area (Å²) in [5, 5.41) is 4.03. The Balaban J connectivity index is 2.08. The van der Waals surface area contributed by atoms with E-state index in [9.17, 15) is 0 Å². The molecule has 0 spiro atoms. The third-order valence-corrected chi connectivity index (χ3v) is 3.68. The molecule has 0 heterocycles. The van der Waals surface area contributed by atoms with E-state index in [2.05, 4.69) is 40.3 Å². The van der Waals surface area contributed by atoms with Gasteiger partial charge < -0.3 is 10.1 Å². The molecular weight excluding hydrogens is 326 g/mol. The lowest BCUT2D eigenvalue weighted by Gasteiger charge is -2.11. The van der Waals surface area contributed by atoms with Crippen LogP contribution in [0, 0.1) is 6.92 Å². The van der Waals surface area contributed by atoms with Gasteiger partial charge in [-0.2, -0.15) is 0 Å². The topological polar surface area (TPSA) is 21.3 Å². The number of methoxy groups -OCH3 is 1. The zero-order valence-electron chi connectivity index (χ0n) is 10.8. The molecule has 2 aromatic rings. The van der Waals surface area contributed by atoms with E-state index in [4.69, 9.17) is 16.3 Å². The molecule has 1 N–H and O–H groups in total. The lowest BCUT2D eigenvalue weighted by atomic mass is 10.1. The molecule has 0 aliphatic carbocycles. The molecule has 0 radical (unpaired) electrons. The summed E-state index contributed by atoms with van der Waals surface area (Å²) < 4.78 is 6.22. The molecule has 2 rings (SSSR count). The Morgan fingerprint density at radius 3 is 2.63 bits per heavy atom. The van der Waals surface area contributed by atoms with Gasteiger partial charge in [-0.25, -0.2) is 0 Å². The van der Waals surface area contributed by atoms with Crippen molar-refractivity contribution in [1.29, 1.82) is 0 Å². The summed E-state index contributed by atoms with van der Waals surface area (Å²) in [4.78, 5) is 0. The molecular formula is C15H15BrClNO. The van der Waals surface area contributed by atoms with E-state index in [1.54, 1.807) is 7.11 Å². The molecule has 0 unspecified atom stereocenters. The monoisotopic (exact) mass is 339 g/mol. The summed E-state index contributed by atoms with van der Waals surface area (Å²) in [7, 11) is 1.62. The third kappa shape index (κ3) is 3.64. The van der Waals surface area contributed by atoms with Crippen LogP contribution in [0.1, 0.15) is 11.1 Å². The second kappa shape index (κ2) is 6.31. The van der Waals surface area contributed by atoms with Crippen LogP contribution in [0.25, 0.3) is 0 Å². The van der Waals surface area contributed by atoms with E-state index >= 15 is 0 Å². The first-order valence-electron chi connectivity index (χ1n) is 5.92. The number of benzene rings is 2. The van der Waals surface area contributed by atoms with Crippen molar-refractivity contribution in [3.8, 4) is 5.75 Å². The molecule has 4 heteroatoms. The fourth-order valence-electron chi connectivity index (χ4n) is 1.84. The predicted octanol–water partition coefficient (Wildman–Crippen LogP) is 5.03. The first-order chi connectivity index (χ1) is 9.10. The predicted molar refractivity (Wildman–Crippen MR) is 84.2 cm³/mol. The molecule has 0 aliphatic heterocycles. The average molecular weight is 341 g/mol. The van der Waals surface area contributed by atoms with Gasteiger partial charge in [-0.15, -0.1) is 0 Å². The highest BCUT2D eigenvalue weighted by Gasteiger charge is 2.03. The van der Waals surface area contributed by atoms with Crippen molar-refractivity contribution < 1.29 is 4.74 Å². The standard InChI is InChI=1S/C15H15BrClNO/c1-10-7-12(16)4-5-14(10)18-9-11-3-6-15(19-2)13(17)8-11/h3-8,18H,9H2,1-2H3. The smallest absolute Gasteiger partial charge is 0.137 e. The van der Waals surface area contributed by atoms with E-state index in [0.29, 0.717) is 10.8 Å². The summed E-state index contributed by atoms with van der Waals surface area (Å²) in [5.74, 6) is 0.699. The number of hydrogen-bond donors (Lipinski definition) is 1. The second-order valence-corrected chi connectivity index (χ2v) is 5.60. The van der Waals surface area contributed by atoms with Crippen LogP contribution in [-0.2, 0) is 6.54 Å². The summed E-state index contributed by atoms with van der Waals surface area (Å²) in [6.07, 6.45) is 0. The molecule has 2 aromatic carbocycles. The van der Waals surface area contributed by atoms with Crippen LogP contribution in [0.4, 0.5) is 5.69 Å². The van der Waals surface area contributed by atoms with Gasteiger partial charge in [0.15, 0.2) is 0 Å². The van der Waals surface area contributed by atoms with Crippen LogP contribution < -0.4 is 10.1 Å². The van der Waals surface area contributed by atoms with E-state index < -0.39 is 0 Å². The molecule has 100 valence electrons. The van der Waals surface area contributed by atoms with Gasteiger partial charge in [0.1, 0.15) is 5.75 Å². The van der Waals surface area contributed by atoms with Gasteiger partial charge in [-0.1, -0.05) is 33.6 Å². The van der Waals surface area contributed by atoms with Crippen molar-refractivity contribution >= 4 is 33.2 Å². The molecule has 0 amide bonds. The summed E-state index contributed by atoms with van der Waals surface area (Å²) in [6, 6.07) is 12.0. The van der Waals surface area contributed by atoms with E-state index in [-0.39, 0.29) is 0 Å². The average Bonchev–Trinajstić information content (AvgIpc) is 2.38. The van der Waals surface area contributed by atoms with Gasteiger partial charge in [0.25, 0.3) is 0 Å². The fourth-order valence-corrected chi connectivity index (χ4v) is 2.60. The Hall–Kier alpha value is -1.19. The lowest BCUT2D eigenvalue weighted by molar-refractivity contribution is 0.415. The maximum atomic E-state index is 6.10. The Kier molecular flexibility index (Phi) is 4.72. The molecule has 0 atom stereocenters. The van der Waals surface area contributed by atoms with Crippen molar-refractivity contribution in [2.75, 3.05) is 12.4 Å². The summed E-state index contributed by atoms with van der Waals surface area (Å²) in [6.45, 7) is 2.81. The number of aryl methyl sites for hydroxylation is 1. The SMILES string of the molecule is COc1ccc(CNc2ccc(Br)cc2C)cc1Cl. The minimum atomic E-state index is 0.634. The Bertz CT molecular complexity index is 586. The molecule has 0 aromatic heterocycles. The normalized spacial score (nSPS) is 10.3. The van der Waals surface area contributed by atoms with Crippen molar-refractivity contribution in [3.63, 3.8) is 0 Å². The second-order valence-electron chi connectivity index (χ2n) is 4.28. The fraction of sp³-hybridized carbons (Fsp3) is 0.200. The maximum absolute atomic E-state index is 6.10. The van der Waals surface area contributed by atoms with E-state index in [1.807, 2.05) is 24.3 Å². The molecule has 0 aliphatic rings. The molecule has 19 heavy (non-hydrogen) atoms. The Labute approximate surface area is 126 Å². The van der Waals surface area contributed by atoms with Crippen LogP contribution in [0.3, 0.4) is 0 Å². The van der Waals surface area contributed by atoms with Crippen LogP contribution in [0.15, 0.2) is 40.9 Å². The van der Waals surface area contributed by atoms with Gasteiger partial charge >= 0.3 is 0 Å². The quantitative estimate of drug-likeness (QED) is 0.842. The summed E-state index contributed by atoms with van der Waals surface area (Å²) >= 11 is 9.56. The molecule has 0 saturated carbocycles. The van der Waals surface area contributed by atoms with Crippen LogP contribution in [0.2, 0.25) is 5.02 Å². The van der Waals surface area contributed by atoms with E-state index in [0.717, 1.165) is 22.3 Å². The Morgan fingerprint density at radius 2 is 2.00 bits per heavy atom. The highest BCUT2D eigenvalue weighted by molar-refractivity contribution is 9.10. The van der Waals surface area contributed by atoms with Gasteiger partial charge in [0.05, 0.1) is 12.1 Å². The van der Waals surface area contributed by atoms with Gasteiger partial charge in [-0.3, -0.25) is 0 Å². The van der Waals surface area contributed by atoms with Crippen LogP contribution in [0.5, 0.6) is 5.75 Å². The van der Waals surface area contributed by atoms with Crippen LogP contribution >= 0.6 is 27.5 Å². The van der Waals surface area contributed by atoms with Crippen molar-refractivity contribution in [1.82, 2.24) is 0 Å². The van der Waals surface area contributed by atoms with Gasteiger partial charge in [-0.05, 0) is 48.4 Å². The van der Waals surface area contributed by atoms with Gasteiger partial charge in [0.2, 0.25) is 0 Å². The number of rotatable bonds is 4. The number of anilines is 1. The van der Waals surface area contributed by atoms with Crippen molar-refractivity contribution in [2.24, 2.45) is 0 Å².